The van der Waals surface area contributed by atoms with E-state index in [0.29, 0.717) is 24.3 Å². The summed E-state index contributed by atoms with van der Waals surface area (Å²) in [7, 11) is 3.24. The summed E-state index contributed by atoms with van der Waals surface area (Å²) in [6, 6.07) is 9.90. The Hall–Kier alpha value is -2.60. The van der Waals surface area contributed by atoms with E-state index in [1.807, 2.05) is 30.5 Å². The second-order valence-electron chi connectivity index (χ2n) is 6.45. The molecule has 1 aromatic carbocycles. The van der Waals surface area contributed by atoms with Gasteiger partial charge in [0.2, 0.25) is 0 Å². The Kier molecular flexibility index (Phi) is 5.73. The molecule has 0 bridgehead atoms. The van der Waals surface area contributed by atoms with E-state index in [0.717, 1.165) is 24.2 Å². The van der Waals surface area contributed by atoms with Gasteiger partial charge in [0.1, 0.15) is 0 Å². The van der Waals surface area contributed by atoms with Gasteiger partial charge in [0.15, 0.2) is 11.5 Å². The minimum Gasteiger partial charge on any atom is -0.493 e. The zero-order valence-electron chi connectivity index (χ0n) is 15.1. The number of aromatic nitrogens is 1. The van der Waals surface area contributed by atoms with E-state index in [9.17, 15) is 9.90 Å². The molecule has 1 fully saturated rings. The molecule has 1 aromatic heterocycles. The Morgan fingerprint density at radius 2 is 1.88 bits per heavy atom. The highest BCUT2D eigenvalue weighted by Gasteiger charge is 2.30. The molecule has 1 aliphatic rings. The first kappa shape index (κ1) is 18.2. The Morgan fingerprint density at radius 3 is 2.46 bits per heavy atom. The fraction of sp³-hybridized carbons (Fsp3) is 0.400. The van der Waals surface area contributed by atoms with E-state index >= 15 is 0 Å². The molecule has 0 saturated carbocycles. The van der Waals surface area contributed by atoms with Crippen LogP contribution in [0.5, 0.6) is 11.5 Å². The fourth-order valence-electron chi connectivity index (χ4n) is 3.58. The van der Waals surface area contributed by atoms with Crippen molar-refractivity contribution in [2.24, 2.45) is 5.92 Å². The van der Waals surface area contributed by atoms with Gasteiger partial charge < -0.3 is 14.6 Å². The molecule has 3 rings (SSSR count). The number of piperidine rings is 1. The van der Waals surface area contributed by atoms with Gasteiger partial charge in [-0.2, -0.15) is 0 Å². The van der Waals surface area contributed by atoms with Crippen LogP contribution in [0.15, 0.2) is 42.7 Å². The first-order valence-corrected chi connectivity index (χ1v) is 8.72. The van der Waals surface area contributed by atoms with Gasteiger partial charge in [-0.1, -0.05) is 12.1 Å². The Bertz CT molecular complexity index is 743. The molecule has 1 aliphatic heterocycles. The normalized spacial score (nSPS) is 16.8. The van der Waals surface area contributed by atoms with E-state index in [2.05, 4.69) is 16.0 Å². The van der Waals surface area contributed by atoms with Gasteiger partial charge in [0.05, 0.1) is 26.2 Å². The van der Waals surface area contributed by atoms with Gasteiger partial charge in [-0.25, -0.2) is 0 Å². The van der Waals surface area contributed by atoms with Gasteiger partial charge in [-0.3, -0.25) is 14.7 Å². The van der Waals surface area contributed by atoms with Crippen molar-refractivity contribution in [3.05, 3.63) is 53.9 Å². The van der Waals surface area contributed by atoms with Crippen LogP contribution in [0.1, 0.15) is 30.0 Å². The number of benzene rings is 1. The van der Waals surface area contributed by atoms with Crippen molar-refractivity contribution in [1.82, 2.24) is 9.88 Å². The Labute approximate surface area is 153 Å². The van der Waals surface area contributed by atoms with E-state index in [1.165, 1.54) is 0 Å². The van der Waals surface area contributed by atoms with E-state index in [1.54, 1.807) is 20.4 Å². The summed E-state index contributed by atoms with van der Waals surface area (Å²) < 4.78 is 10.8. The Morgan fingerprint density at radius 1 is 1.15 bits per heavy atom. The standard InChI is InChI=1S/C20H24N2O4/c1-25-17-6-5-15(12-18(17)26-2)19(16-4-3-9-21-13-16)22-10-7-14(8-11-22)20(23)24/h3-6,9,12-14,19H,7-8,10-11H2,1-2H3,(H,23,24). The molecule has 0 amide bonds. The van der Waals surface area contributed by atoms with Crippen LogP contribution >= 0.6 is 0 Å². The zero-order valence-corrected chi connectivity index (χ0v) is 15.1. The van der Waals surface area contributed by atoms with Crippen LogP contribution in [0.4, 0.5) is 0 Å². The molecule has 0 radical (unpaired) electrons. The van der Waals surface area contributed by atoms with Crippen LogP contribution in [0.3, 0.4) is 0 Å². The molecule has 1 atom stereocenters. The lowest BCUT2D eigenvalue weighted by atomic mass is 9.92. The summed E-state index contributed by atoms with van der Waals surface area (Å²) in [4.78, 5) is 17.9. The average molecular weight is 356 g/mol. The van der Waals surface area contributed by atoms with Crippen molar-refractivity contribution in [2.75, 3.05) is 27.3 Å². The van der Waals surface area contributed by atoms with Gasteiger partial charge >= 0.3 is 5.97 Å². The number of hydrogen-bond acceptors (Lipinski definition) is 5. The number of rotatable bonds is 6. The molecule has 1 unspecified atom stereocenters. The monoisotopic (exact) mass is 356 g/mol. The summed E-state index contributed by atoms with van der Waals surface area (Å²) in [5.41, 5.74) is 2.15. The third-order valence-corrected chi connectivity index (χ3v) is 4.97. The molecule has 2 aromatic rings. The summed E-state index contributed by atoms with van der Waals surface area (Å²) in [5.74, 6) is 0.407. The molecular formula is C20H24N2O4. The highest BCUT2D eigenvalue weighted by Crippen LogP contribution is 2.36. The predicted molar refractivity (Wildman–Crippen MR) is 97.6 cm³/mol. The molecule has 6 heteroatoms. The zero-order chi connectivity index (χ0) is 18.5. The lowest BCUT2D eigenvalue weighted by molar-refractivity contribution is -0.143. The highest BCUT2D eigenvalue weighted by molar-refractivity contribution is 5.70. The second kappa shape index (κ2) is 8.19. The number of nitrogens with zero attached hydrogens (tertiary/aromatic N) is 2. The maximum absolute atomic E-state index is 11.3. The number of carboxylic acids is 1. The number of carbonyl (C=O) groups is 1. The summed E-state index contributed by atoms with van der Waals surface area (Å²) in [6.45, 7) is 1.45. The number of pyridine rings is 1. The molecule has 6 nitrogen and oxygen atoms in total. The predicted octanol–water partition coefficient (Wildman–Crippen LogP) is 2.98. The van der Waals surface area contributed by atoms with Crippen LogP contribution in [-0.2, 0) is 4.79 Å². The minimum atomic E-state index is -0.700. The quantitative estimate of drug-likeness (QED) is 0.858. The SMILES string of the molecule is COc1ccc(C(c2cccnc2)N2CCC(C(=O)O)CC2)cc1OC. The van der Waals surface area contributed by atoms with Gasteiger partial charge in [-0.05, 0) is 55.3 Å². The average Bonchev–Trinajstić information content (AvgIpc) is 2.69. The first-order valence-electron chi connectivity index (χ1n) is 8.72. The number of ether oxygens (including phenoxy) is 2. The van der Waals surface area contributed by atoms with Crippen LogP contribution < -0.4 is 9.47 Å². The number of hydrogen-bond donors (Lipinski definition) is 1. The molecular weight excluding hydrogens is 332 g/mol. The number of likely N-dealkylation sites (tertiary alicyclic amines) is 1. The number of aliphatic carboxylic acids is 1. The molecule has 0 aliphatic carbocycles. The molecule has 138 valence electrons. The molecule has 26 heavy (non-hydrogen) atoms. The Balaban J connectivity index is 1.94. The lowest BCUT2D eigenvalue weighted by Crippen LogP contribution is -2.39. The third-order valence-electron chi connectivity index (χ3n) is 4.97. The minimum absolute atomic E-state index is 0.00162. The third kappa shape index (κ3) is 3.80. The van der Waals surface area contributed by atoms with Crippen LogP contribution in [-0.4, -0.2) is 48.3 Å². The topological polar surface area (TPSA) is 71.9 Å². The van der Waals surface area contributed by atoms with E-state index < -0.39 is 5.97 Å². The van der Waals surface area contributed by atoms with Gasteiger partial charge in [-0.15, -0.1) is 0 Å². The van der Waals surface area contributed by atoms with Crippen LogP contribution in [0.25, 0.3) is 0 Å². The first-order chi connectivity index (χ1) is 12.6. The molecule has 0 spiro atoms. The lowest BCUT2D eigenvalue weighted by Gasteiger charge is -2.37. The summed E-state index contributed by atoms with van der Waals surface area (Å²) in [5, 5.41) is 9.26. The molecule has 1 saturated heterocycles. The maximum atomic E-state index is 11.3. The summed E-state index contributed by atoms with van der Waals surface area (Å²) >= 11 is 0. The smallest absolute Gasteiger partial charge is 0.306 e. The highest BCUT2D eigenvalue weighted by atomic mass is 16.5. The van der Waals surface area contributed by atoms with Crippen molar-refractivity contribution in [3.63, 3.8) is 0 Å². The van der Waals surface area contributed by atoms with Gasteiger partial charge in [0, 0.05) is 12.4 Å². The maximum Gasteiger partial charge on any atom is 0.306 e. The summed E-state index contributed by atoms with van der Waals surface area (Å²) in [6.07, 6.45) is 4.93. The van der Waals surface area contributed by atoms with E-state index in [-0.39, 0.29) is 12.0 Å². The van der Waals surface area contributed by atoms with Gasteiger partial charge in [0.25, 0.3) is 0 Å². The molecule has 2 heterocycles. The van der Waals surface area contributed by atoms with Crippen molar-refractivity contribution in [3.8, 4) is 11.5 Å². The van der Waals surface area contributed by atoms with Crippen molar-refractivity contribution in [2.45, 2.75) is 18.9 Å². The number of carboxylic acid groups (broad SMARTS) is 1. The second-order valence-corrected chi connectivity index (χ2v) is 6.45. The van der Waals surface area contributed by atoms with Crippen LogP contribution in [0, 0.1) is 5.92 Å². The van der Waals surface area contributed by atoms with Crippen molar-refractivity contribution >= 4 is 5.97 Å². The largest absolute Gasteiger partial charge is 0.493 e. The number of methoxy groups -OCH3 is 2. The molecule has 1 N–H and O–H groups in total. The van der Waals surface area contributed by atoms with Crippen molar-refractivity contribution < 1.29 is 19.4 Å². The van der Waals surface area contributed by atoms with Crippen molar-refractivity contribution in [1.29, 1.82) is 0 Å². The van der Waals surface area contributed by atoms with Crippen LogP contribution in [0.2, 0.25) is 0 Å². The fourth-order valence-corrected chi connectivity index (χ4v) is 3.58. The van der Waals surface area contributed by atoms with E-state index in [4.69, 9.17) is 9.47 Å².